The molecular weight excluding hydrogens is 319 g/mol. The van der Waals surface area contributed by atoms with E-state index < -0.39 is 0 Å². The lowest BCUT2D eigenvalue weighted by Crippen LogP contribution is -2.27. The first kappa shape index (κ1) is 15.1. The van der Waals surface area contributed by atoms with Crippen LogP contribution in [0.25, 0.3) is 16.7 Å². The maximum atomic E-state index is 5.85. The first-order valence-electron chi connectivity index (χ1n) is 7.11. The van der Waals surface area contributed by atoms with Gasteiger partial charge in [-0.2, -0.15) is 4.80 Å². The van der Waals surface area contributed by atoms with Crippen molar-refractivity contribution in [2.45, 2.75) is 0 Å². The first-order valence-corrected chi connectivity index (χ1v) is 8.18. The van der Waals surface area contributed by atoms with Gasteiger partial charge < -0.3 is 4.90 Å². The van der Waals surface area contributed by atoms with Crippen LogP contribution in [0.5, 0.6) is 0 Å². The maximum absolute atomic E-state index is 5.85. The molecule has 6 heteroatoms. The highest BCUT2D eigenvalue weighted by atomic mass is 35.5. The smallest absolute Gasteiger partial charge is 0.113 e. The van der Waals surface area contributed by atoms with E-state index in [9.17, 15) is 0 Å². The van der Waals surface area contributed by atoms with Gasteiger partial charge in [-0.3, -0.25) is 0 Å². The molecule has 3 aromatic rings. The molecule has 0 saturated heterocycles. The Kier molecular flexibility index (Phi) is 4.80. The fraction of sp³-hybridized carbons (Fsp3) is 0.250. The highest BCUT2D eigenvalue weighted by Crippen LogP contribution is 2.18. The third kappa shape index (κ3) is 3.18. The minimum Gasteiger partial charge on any atom is -0.369 e. The Morgan fingerprint density at radius 3 is 1.86 bits per heavy atom. The average Bonchev–Trinajstić information content (AvgIpc) is 2.99. The van der Waals surface area contributed by atoms with Crippen molar-refractivity contribution in [3.63, 3.8) is 0 Å². The molecule has 3 rings (SSSR count). The lowest BCUT2D eigenvalue weighted by molar-refractivity contribution is 0.765. The number of fused-ring (bicyclic) bond motifs is 1. The molecule has 2 aromatic carbocycles. The van der Waals surface area contributed by atoms with Gasteiger partial charge in [0, 0.05) is 30.5 Å². The second-order valence-corrected chi connectivity index (χ2v) is 5.62. The van der Waals surface area contributed by atoms with Gasteiger partial charge in [-0.25, -0.2) is 0 Å². The lowest BCUT2D eigenvalue weighted by Gasteiger charge is -2.22. The average molecular weight is 335 g/mol. The van der Waals surface area contributed by atoms with Crippen LogP contribution in [0.1, 0.15) is 0 Å². The van der Waals surface area contributed by atoms with Crippen molar-refractivity contribution in [1.82, 2.24) is 15.0 Å². The van der Waals surface area contributed by atoms with Crippen LogP contribution in [-0.4, -0.2) is 39.8 Å². The Morgan fingerprint density at radius 2 is 1.36 bits per heavy atom. The van der Waals surface area contributed by atoms with Crippen molar-refractivity contribution in [2.75, 3.05) is 29.7 Å². The molecule has 0 atom stereocenters. The second kappa shape index (κ2) is 6.99. The van der Waals surface area contributed by atoms with E-state index in [2.05, 4.69) is 15.1 Å². The molecule has 0 aliphatic rings. The zero-order valence-corrected chi connectivity index (χ0v) is 13.5. The Bertz CT molecular complexity index is 700. The van der Waals surface area contributed by atoms with Gasteiger partial charge in [0.2, 0.25) is 0 Å². The van der Waals surface area contributed by atoms with Crippen molar-refractivity contribution in [1.29, 1.82) is 0 Å². The largest absolute Gasteiger partial charge is 0.369 e. The van der Waals surface area contributed by atoms with Crippen LogP contribution in [0.3, 0.4) is 0 Å². The molecule has 0 radical (unpaired) electrons. The van der Waals surface area contributed by atoms with E-state index >= 15 is 0 Å². The zero-order valence-electron chi connectivity index (χ0n) is 12.0. The summed E-state index contributed by atoms with van der Waals surface area (Å²) in [7, 11) is 0. The Labute approximate surface area is 139 Å². The number of hydrogen-bond acceptors (Lipinski definition) is 3. The van der Waals surface area contributed by atoms with Gasteiger partial charge in [0.05, 0.1) is 5.69 Å². The van der Waals surface area contributed by atoms with E-state index in [4.69, 9.17) is 23.2 Å². The van der Waals surface area contributed by atoms with E-state index in [1.165, 1.54) is 0 Å². The van der Waals surface area contributed by atoms with Gasteiger partial charge in [0.1, 0.15) is 11.0 Å². The molecule has 0 aliphatic carbocycles. The van der Waals surface area contributed by atoms with Crippen LogP contribution in [0.2, 0.25) is 0 Å². The molecular formula is C16H16Cl2N4. The van der Waals surface area contributed by atoms with Crippen LogP contribution in [0.4, 0.5) is 5.69 Å². The van der Waals surface area contributed by atoms with Gasteiger partial charge in [0.15, 0.2) is 0 Å². The Morgan fingerprint density at radius 1 is 0.818 bits per heavy atom. The number of alkyl halides is 2. The molecule has 0 N–H and O–H groups in total. The van der Waals surface area contributed by atoms with Crippen LogP contribution < -0.4 is 4.90 Å². The summed E-state index contributed by atoms with van der Waals surface area (Å²) in [6.45, 7) is 1.55. The summed E-state index contributed by atoms with van der Waals surface area (Å²) in [5.41, 5.74) is 3.80. The number of benzene rings is 2. The van der Waals surface area contributed by atoms with Crippen molar-refractivity contribution < 1.29 is 0 Å². The number of aromatic nitrogens is 3. The summed E-state index contributed by atoms with van der Waals surface area (Å²) in [5, 5.41) is 8.96. The third-order valence-corrected chi connectivity index (χ3v) is 3.78. The van der Waals surface area contributed by atoms with Crippen molar-refractivity contribution in [2.24, 2.45) is 0 Å². The summed E-state index contributed by atoms with van der Waals surface area (Å²) in [6.07, 6.45) is 0. The SMILES string of the molecule is ClCCN(CCCl)c1ccc(-n2nc3ccccc3n2)cc1. The summed E-state index contributed by atoms with van der Waals surface area (Å²) >= 11 is 11.7. The quantitative estimate of drug-likeness (QED) is 0.644. The number of anilines is 1. The van der Waals surface area contributed by atoms with E-state index in [1.54, 1.807) is 4.80 Å². The normalized spacial score (nSPS) is 11.0. The molecule has 22 heavy (non-hydrogen) atoms. The minimum atomic E-state index is 0.574. The van der Waals surface area contributed by atoms with E-state index in [0.717, 1.165) is 35.5 Å². The number of nitrogens with zero attached hydrogens (tertiary/aromatic N) is 4. The molecule has 0 amide bonds. The Hall–Kier alpha value is -1.78. The molecule has 4 nitrogen and oxygen atoms in total. The van der Waals surface area contributed by atoms with Gasteiger partial charge in [-0.05, 0) is 36.4 Å². The van der Waals surface area contributed by atoms with Crippen LogP contribution in [0, 0.1) is 0 Å². The molecule has 0 aliphatic heterocycles. The predicted octanol–water partition coefficient (Wildman–Crippen LogP) is 3.70. The van der Waals surface area contributed by atoms with E-state index in [1.807, 2.05) is 48.5 Å². The number of rotatable bonds is 6. The topological polar surface area (TPSA) is 34.0 Å². The van der Waals surface area contributed by atoms with Crippen LogP contribution in [0.15, 0.2) is 48.5 Å². The highest BCUT2D eigenvalue weighted by molar-refractivity contribution is 6.18. The third-order valence-electron chi connectivity index (χ3n) is 3.44. The number of halogens is 2. The summed E-state index contributed by atoms with van der Waals surface area (Å²) in [5.74, 6) is 1.15. The lowest BCUT2D eigenvalue weighted by atomic mass is 10.2. The summed E-state index contributed by atoms with van der Waals surface area (Å²) < 4.78 is 0. The van der Waals surface area contributed by atoms with Crippen molar-refractivity contribution in [3.05, 3.63) is 48.5 Å². The monoisotopic (exact) mass is 334 g/mol. The van der Waals surface area contributed by atoms with Gasteiger partial charge in [-0.1, -0.05) is 12.1 Å². The molecule has 1 heterocycles. The summed E-state index contributed by atoms with van der Waals surface area (Å²) in [4.78, 5) is 3.82. The molecule has 1 aromatic heterocycles. The van der Waals surface area contributed by atoms with Crippen LogP contribution >= 0.6 is 23.2 Å². The molecule has 0 fully saturated rings. The number of hydrogen-bond donors (Lipinski definition) is 0. The Balaban J connectivity index is 1.86. The summed E-state index contributed by atoms with van der Waals surface area (Å²) in [6, 6.07) is 15.9. The van der Waals surface area contributed by atoms with Gasteiger partial charge in [-0.15, -0.1) is 33.4 Å². The predicted molar refractivity (Wildman–Crippen MR) is 92.5 cm³/mol. The van der Waals surface area contributed by atoms with Crippen molar-refractivity contribution >= 4 is 39.9 Å². The molecule has 0 unspecified atom stereocenters. The van der Waals surface area contributed by atoms with Crippen LogP contribution in [-0.2, 0) is 0 Å². The van der Waals surface area contributed by atoms with Gasteiger partial charge >= 0.3 is 0 Å². The molecule has 0 saturated carbocycles. The molecule has 0 bridgehead atoms. The van der Waals surface area contributed by atoms with E-state index in [-0.39, 0.29) is 0 Å². The fourth-order valence-electron chi connectivity index (χ4n) is 2.35. The van der Waals surface area contributed by atoms with Crippen molar-refractivity contribution in [3.8, 4) is 5.69 Å². The molecule has 0 spiro atoms. The maximum Gasteiger partial charge on any atom is 0.113 e. The zero-order chi connectivity index (χ0) is 15.4. The van der Waals surface area contributed by atoms with Gasteiger partial charge in [0.25, 0.3) is 0 Å². The standard InChI is InChI=1S/C16H16Cl2N4/c17-9-11-21(12-10-18)13-5-7-14(8-6-13)22-19-15-3-1-2-4-16(15)20-22/h1-8H,9-12H2. The first-order chi connectivity index (χ1) is 10.8. The highest BCUT2D eigenvalue weighted by Gasteiger charge is 2.07. The molecule has 114 valence electrons. The fourth-order valence-corrected chi connectivity index (χ4v) is 2.75. The second-order valence-electron chi connectivity index (χ2n) is 4.86. The minimum absolute atomic E-state index is 0.574. The van der Waals surface area contributed by atoms with E-state index in [0.29, 0.717) is 11.8 Å².